The van der Waals surface area contributed by atoms with Crippen molar-refractivity contribution in [2.24, 2.45) is 0 Å². The number of nitrogens with zero attached hydrogens (tertiary/aromatic N) is 2. The Morgan fingerprint density at radius 1 is 1.53 bits per heavy atom. The van der Waals surface area contributed by atoms with Crippen LogP contribution >= 0.6 is 11.3 Å². The number of aromatic nitrogens is 2. The molecule has 17 heavy (non-hydrogen) atoms. The van der Waals surface area contributed by atoms with E-state index in [1.54, 1.807) is 18.4 Å². The predicted molar refractivity (Wildman–Crippen MR) is 69.2 cm³/mol. The first kappa shape index (κ1) is 12.3. The molecule has 0 unspecified atom stereocenters. The van der Waals surface area contributed by atoms with Crippen LogP contribution in [0.15, 0.2) is 29.9 Å². The van der Waals surface area contributed by atoms with Crippen LogP contribution in [0.5, 0.6) is 0 Å². The van der Waals surface area contributed by atoms with Crippen LogP contribution in [0.25, 0.3) is 0 Å². The molecule has 4 nitrogen and oxygen atoms in total. The standard InChI is InChI=1S/C12H17N3OS/c1-16-5-4-13-7-11-8-14-15(9-11)10-12-3-2-6-17-12/h2-3,6,8-9,13H,4-5,7,10H2,1H3. The van der Waals surface area contributed by atoms with Gasteiger partial charge in [-0.1, -0.05) is 6.07 Å². The highest BCUT2D eigenvalue weighted by Crippen LogP contribution is 2.10. The minimum atomic E-state index is 0.739. The van der Waals surface area contributed by atoms with Gasteiger partial charge >= 0.3 is 0 Å². The third-order valence-corrected chi connectivity index (χ3v) is 3.26. The fraction of sp³-hybridized carbons (Fsp3) is 0.417. The van der Waals surface area contributed by atoms with Crippen molar-refractivity contribution in [1.29, 1.82) is 0 Å². The summed E-state index contributed by atoms with van der Waals surface area (Å²) in [4.78, 5) is 1.33. The predicted octanol–water partition coefficient (Wildman–Crippen LogP) is 1.73. The number of ether oxygens (including phenoxy) is 1. The van der Waals surface area contributed by atoms with Gasteiger partial charge < -0.3 is 10.1 Å². The number of hydrogen-bond acceptors (Lipinski definition) is 4. The monoisotopic (exact) mass is 251 g/mol. The summed E-state index contributed by atoms with van der Waals surface area (Å²) < 4.78 is 6.94. The first-order valence-corrected chi connectivity index (χ1v) is 6.50. The van der Waals surface area contributed by atoms with Gasteiger partial charge in [-0.25, -0.2) is 0 Å². The Labute approximate surface area is 105 Å². The van der Waals surface area contributed by atoms with Crippen LogP contribution in [-0.2, 0) is 17.8 Å². The summed E-state index contributed by atoms with van der Waals surface area (Å²) in [6.45, 7) is 3.31. The molecule has 0 aliphatic rings. The van der Waals surface area contributed by atoms with Crippen LogP contribution in [0.3, 0.4) is 0 Å². The maximum Gasteiger partial charge on any atom is 0.0752 e. The maximum absolute atomic E-state index is 4.97. The quantitative estimate of drug-likeness (QED) is 0.762. The highest BCUT2D eigenvalue weighted by molar-refractivity contribution is 7.09. The molecule has 0 aliphatic carbocycles. The summed E-state index contributed by atoms with van der Waals surface area (Å²) in [6, 6.07) is 4.19. The average molecular weight is 251 g/mol. The number of thiophene rings is 1. The van der Waals surface area contributed by atoms with Crippen LogP contribution in [0.2, 0.25) is 0 Å². The second-order valence-electron chi connectivity index (χ2n) is 3.80. The fourth-order valence-corrected chi connectivity index (χ4v) is 2.25. The third kappa shape index (κ3) is 3.96. The molecule has 0 fully saturated rings. The minimum absolute atomic E-state index is 0.739. The molecule has 0 radical (unpaired) electrons. The lowest BCUT2D eigenvalue weighted by molar-refractivity contribution is 0.199. The Morgan fingerprint density at radius 2 is 2.47 bits per heavy atom. The maximum atomic E-state index is 4.97. The first-order valence-electron chi connectivity index (χ1n) is 5.62. The van der Waals surface area contributed by atoms with Gasteiger partial charge in [0.1, 0.15) is 0 Å². The number of nitrogens with one attached hydrogen (secondary N) is 1. The van der Waals surface area contributed by atoms with Crippen LogP contribution in [0.1, 0.15) is 10.4 Å². The normalized spacial score (nSPS) is 10.9. The van der Waals surface area contributed by atoms with E-state index in [4.69, 9.17) is 4.74 Å². The van der Waals surface area contributed by atoms with Crippen molar-refractivity contribution in [2.75, 3.05) is 20.3 Å². The number of methoxy groups -OCH3 is 1. The molecule has 0 aromatic carbocycles. The zero-order valence-electron chi connectivity index (χ0n) is 9.93. The van der Waals surface area contributed by atoms with E-state index >= 15 is 0 Å². The molecule has 92 valence electrons. The molecule has 0 amide bonds. The zero-order valence-corrected chi connectivity index (χ0v) is 10.7. The minimum Gasteiger partial charge on any atom is -0.383 e. The first-order chi connectivity index (χ1) is 8.38. The van der Waals surface area contributed by atoms with Crippen molar-refractivity contribution in [3.8, 4) is 0 Å². The van der Waals surface area contributed by atoms with Crippen molar-refractivity contribution < 1.29 is 4.74 Å². The molecule has 2 aromatic heterocycles. The van der Waals surface area contributed by atoms with Gasteiger partial charge in [0.25, 0.3) is 0 Å². The van der Waals surface area contributed by atoms with E-state index in [2.05, 4.69) is 34.1 Å². The molecular formula is C12H17N3OS. The fourth-order valence-electron chi connectivity index (χ4n) is 1.55. The van der Waals surface area contributed by atoms with E-state index in [-0.39, 0.29) is 0 Å². The average Bonchev–Trinajstić information content (AvgIpc) is 2.97. The van der Waals surface area contributed by atoms with Crippen molar-refractivity contribution in [1.82, 2.24) is 15.1 Å². The lowest BCUT2D eigenvalue weighted by Crippen LogP contribution is -2.18. The van der Waals surface area contributed by atoms with Crippen molar-refractivity contribution in [2.45, 2.75) is 13.1 Å². The third-order valence-electron chi connectivity index (χ3n) is 2.40. The van der Waals surface area contributed by atoms with E-state index < -0.39 is 0 Å². The summed E-state index contributed by atoms with van der Waals surface area (Å²) in [6.07, 6.45) is 3.99. The van der Waals surface area contributed by atoms with E-state index in [0.29, 0.717) is 0 Å². The van der Waals surface area contributed by atoms with Gasteiger partial charge in [-0.2, -0.15) is 5.10 Å². The molecule has 5 heteroatoms. The zero-order chi connectivity index (χ0) is 11.9. The van der Waals surface area contributed by atoms with E-state index in [1.165, 1.54) is 10.4 Å². The molecule has 0 atom stereocenters. The molecule has 2 aromatic rings. The lowest BCUT2D eigenvalue weighted by Gasteiger charge is -2.01. The van der Waals surface area contributed by atoms with Gasteiger partial charge in [0.2, 0.25) is 0 Å². The van der Waals surface area contributed by atoms with Gasteiger partial charge in [0, 0.05) is 36.8 Å². The van der Waals surface area contributed by atoms with Crippen molar-refractivity contribution in [3.63, 3.8) is 0 Å². The van der Waals surface area contributed by atoms with Gasteiger partial charge in [-0.3, -0.25) is 4.68 Å². The molecule has 0 spiro atoms. The van der Waals surface area contributed by atoms with Gasteiger partial charge in [0.15, 0.2) is 0 Å². The Kier molecular flexibility index (Phi) is 4.73. The van der Waals surface area contributed by atoms with Gasteiger partial charge in [0.05, 0.1) is 19.3 Å². The highest BCUT2D eigenvalue weighted by atomic mass is 32.1. The number of rotatable bonds is 7. The Balaban J connectivity index is 1.79. The van der Waals surface area contributed by atoms with E-state index in [1.807, 2.05) is 10.9 Å². The van der Waals surface area contributed by atoms with Crippen LogP contribution in [0.4, 0.5) is 0 Å². The molecule has 0 aliphatic heterocycles. The summed E-state index contributed by atoms with van der Waals surface area (Å²) in [5, 5.41) is 9.73. The Morgan fingerprint density at radius 3 is 3.24 bits per heavy atom. The Hall–Kier alpha value is -1.17. The summed E-state index contributed by atoms with van der Waals surface area (Å²) in [5.74, 6) is 0. The summed E-state index contributed by atoms with van der Waals surface area (Å²) in [5.41, 5.74) is 1.21. The van der Waals surface area contributed by atoms with Crippen LogP contribution in [0, 0.1) is 0 Å². The summed E-state index contributed by atoms with van der Waals surface area (Å²) in [7, 11) is 1.71. The number of hydrogen-bond donors (Lipinski definition) is 1. The van der Waals surface area contributed by atoms with Crippen molar-refractivity contribution >= 4 is 11.3 Å². The lowest BCUT2D eigenvalue weighted by atomic mass is 10.3. The molecule has 2 rings (SSSR count). The van der Waals surface area contributed by atoms with Crippen molar-refractivity contribution in [3.05, 3.63) is 40.3 Å². The van der Waals surface area contributed by atoms with Gasteiger partial charge in [-0.05, 0) is 11.4 Å². The SMILES string of the molecule is COCCNCc1cnn(Cc2cccs2)c1. The highest BCUT2D eigenvalue weighted by Gasteiger charge is 2.00. The Bertz CT molecular complexity index is 425. The van der Waals surface area contributed by atoms with E-state index in [0.717, 1.165) is 26.2 Å². The largest absolute Gasteiger partial charge is 0.383 e. The van der Waals surface area contributed by atoms with E-state index in [9.17, 15) is 0 Å². The van der Waals surface area contributed by atoms with Crippen LogP contribution in [-0.4, -0.2) is 30.0 Å². The second kappa shape index (κ2) is 6.54. The second-order valence-corrected chi connectivity index (χ2v) is 4.83. The topological polar surface area (TPSA) is 39.1 Å². The smallest absolute Gasteiger partial charge is 0.0752 e. The van der Waals surface area contributed by atoms with Gasteiger partial charge in [-0.15, -0.1) is 11.3 Å². The molecule has 0 bridgehead atoms. The molecule has 0 saturated carbocycles. The van der Waals surface area contributed by atoms with Crippen LogP contribution < -0.4 is 5.32 Å². The molecule has 2 heterocycles. The molecule has 1 N–H and O–H groups in total. The molecular weight excluding hydrogens is 234 g/mol. The molecule has 0 saturated heterocycles. The summed E-state index contributed by atoms with van der Waals surface area (Å²) >= 11 is 1.76.